The predicted octanol–water partition coefficient (Wildman–Crippen LogP) is 3.49. The number of aromatic nitrogens is 1. The Bertz CT molecular complexity index is 973. The molecular weight excluding hydrogens is 364 g/mol. The van der Waals surface area contributed by atoms with Gasteiger partial charge in [-0.05, 0) is 24.6 Å². The number of hydrogen-bond acceptors (Lipinski definition) is 5. The summed E-state index contributed by atoms with van der Waals surface area (Å²) in [6.07, 6.45) is 2.87. The van der Waals surface area contributed by atoms with Gasteiger partial charge in [-0.1, -0.05) is 31.5 Å². The second-order valence-electron chi connectivity index (χ2n) is 6.52. The van der Waals surface area contributed by atoms with Crippen LogP contribution in [0.5, 0.6) is 0 Å². The van der Waals surface area contributed by atoms with E-state index in [2.05, 4.69) is 14.7 Å². The molecule has 0 fully saturated rings. The Kier molecular flexibility index (Phi) is 5.38. The summed E-state index contributed by atoms with van der Waals surface area (Å²) in [5.41, 5.74) is 1.97. The lowest BCUT2D eigenvalue weighted by Gasteiger charge is -2.30. The fraction of sp³-hybridized carbons (Fsp3) is 0.316. The predicted molar refractivity (Wildman–Crippen MR) is 106 cm³/mol. The molecule has 1 aromatic carbocycles. The highest BCUT2D eigenvalue weighted by atomic mass is 32.2. The molecule has 27 heavy (non-hydrogen) atoms. The minimum absolute atomic E-state index is 0.0866. The Labute approximate surface area is 159 Å². The molecule has 7 nitrogen and oxygen atoms in total. The molecule has 2 heterocycles. The Hall–Kier alpha value is -2.58. The number of carbonyl (C=O) groups is 1. The Balaban J connectivity index is 2.04. The number of unbranched alkanes of at least 4 members (excludes halogenated alkanes) is 1. The van der Waals surface area contributed by atoms with Gasteiger partial charge in [0.25, 0.3) is 0 Å². The summed E-state index contributed by atoms with van der Waals surface area (Å²) < 4.78 is 26.7. The number of carbonyl (C=O) groups excluding carboxylic acids is 1. The van der Waals surface area contributed by atoms with Crippen LogP contribution in [0, 0.1) is 0 Å². The summed E-state index contributed by atoms with van der Waals surface area (Å²) in [5, 5.41) is 0. The Morgan fingerprint density at radius 2 is 1.89 bits per heavy atom. The third-order valence-electron chi connectivity index (χ3n) is 4.61. The molecule has 1 unspecified atom stereocenters. The molecule has 1 N–H and O–H groups in total. The molecule has 3 rings (SSSR count). The molecular formula is C19H23N4O3S+. The van der Waals surface area contributed by atoms with E-state index in [9.17, 15) is 13.2 Å². The number of nitrogens with one attached hydrogen (secondary N) is 1. The van der Waals surface area contributed by atoms with E-state index in [1.165, 1.54) is 0 Å². The molecule has 0 saturated carbocycles. The number of fused-ring (bicyclic) bond motifs is 1. The first-order valence-corrected chi connectivity index (χ1v) is 10.5. The van der Waals surface area contributed by atoms with Gasteiger partial charge >= 0.3 is 6.03 Å². The second-order valence-corrected chi connectivity index (χ2v) is 8.36. The molecule has 2 amide bonds. The van der Waals surface area contributed by atoms with Crippen molar-refractivity contribution in [3.8, 4) is 0 Å². The smallest absolute Gasteiger partial charge is 0.255 e. The van der Waals surface area contributed by atoms with E-state index in [1.807, 2.05) is 37.3 Å². The minimum Gasteiger partial charge on any atom is -0.255 e. The van der Waals surface area contributed by atoms with Crippen LogP contribution in [0.15, 0.2) is 53.7 Å². The molecule has 0 radical (unpaired) electrons. The van der Waals surface area contributed by atoms with Crippen LogP contribution in [0.2, 0.25) is 0 Å². The molecule has 142 valence electrons. The van der Waals surface area contributed by atoms with Crippen LogP contribution in [0.25, 0.3) is 0 Å². The molecule has 1 aliphatic heterocycles. The number of quaternary nitrogens is 1. The van der Waals surface area contributed by atoms with Gasteiger partial charge in [0.2, 0.25) is 15.9 Å². The fourth-order valence-corrected chi connectivity index (χ4v) is 4.37. The van der Waals surface area contributed by atoms with E-state index < -0.39 is 16.1 Å². The van der Waals surface area contributed by atoms with Crippen molar-refractivity contribution < 1.29 is 13.2 Å². The quantitative estimate of drug-likeness (QED) is 0.769. The van der Waals surface area contributed by atoms with Crippen LogP contribution in [-0.4, -0.2) is 31.0 Å². The number of benzene rings is 1. The van der Waals surface area contributed by atoms with Gasteiger partial charge in [-0.3, -0.25) is 4.98 Å². The summed E-state index contributed by atoms with van der Waals surface area (Å²) in [7, 11) is -3.73. The number of nitrogens with zero attached hydrogens (tertiary/aromatic N) is 3. The average Bonchev–Trinajstić information content (AvgIpc) is 2.93. The maximum Gasteiger partial charge on any atom is 0.441 e. The van der Waals surface area contributed by atoms with Crippen molar-refractivity contribution >= 4 is 33.3 Å². The van der Waals surface area contributed by atoms with Crippen molar-refractivity contribution in [3.05, 3.63) is 54.4 Å². The molecule has 1 aromatic heterocycles. The van der Waals surface area contributed by atoms with Crippen molar-refractivity contribution in [1.29, 1.82) is 0 Å². The molecule has 8 heteroatoms. The maximum absolute atomic E-state index is 13.3. The number of aliphatic imine (C=N–C) groups is 1. The molecule has 0 aliphatic carbocycles. The number of sulfonamides is 1. The van der Waals surface area contributed by atoms with Gasteiger partial charge in [0.15, 0.2) is 5.69 Å². The highest BCUT2D eigenvalue weighted by Gasteiger charge is 2.50. The fourth-order valence-electron chi connectivity index (χ4n) is 3.17. The number of para-hydroxylation sites is 2. The van der Waals surface area contributed by atoms with E-state index in [0.717, 1.165) is 6.42 Å². The first-order valence-electron chi connectivity index (χ1n) is 8.87. The number of rotatable bonds is 6. The van der Waals surface area contributed by atoms with Crippen LogP contribution >= 0.6 is 0 Å². The van der Waals surface area contributed by atoms with E-state index in [0.29, 0.717) is 29.3 Å². The molecule has 2 aromatic rings. The van der Waals surface area contributed by atoms with Gasteiger partial charge in [0.05, 0.1) is 11.4 Å². The zero-order valence-electron chi connectivity index (χ0n) is 15.4. The minimum atomic E-state index is -3.73. The van der Waals surface area contributed by atoms with Gasteiger partial charge in [0, 0.05) is 19.2 Å². The Morgan fingerprint density at radius 3 is 2.59 bits per heavy atom. The van der Waals surface area contributed by atoms with Gasteiger partial charge in [-0.15, -0.1) is 0 Å². The zero-order chi connectivity index (χ0) is 19.5. The summed E-state index contributed by atoms with van der Waals surface area (Å²) in [6.45, 7) is 3.82. The summed E-state index contributed by atoms with van der Waals surface area (Å²) >= 11 is 0. The highest BCUT2D eigenvalue weighted by Crippen LogP contribution is 2.42. The number of pyridine rings is 1. The van der Waals surface area contributed by atoms with Gasteiger partial charge < -0.3 is 0 Å². The van der Waals surface area contributed by atoms with Crippen molar-refractivity contribution in [2.45, 2.75) is 33.2 Å². The molecule has 1 atom stereocenters. The lowest BCUT2D eigenvalue weighted by Crippen LogP contribution is -2.60. The van der Waals surface area contributed by atoms with E-state index >= 15 is 0 Å². The second kappa shape index (κ2) is 7.58. The maximum atomic E-state index is 13.3. The van der Waals surface area contributed by atoms with Crippen LogP contribution in [-0.2, 0) is 16.6 Å². The summed E-state index contributed by atoms with van der Waals surface area (Å²) in [5.74, 6) is 0.418. The van der Waals surface area contributed by atoms with Gasteiger partial charge in [-0.2, -0.15) is 9.48 Å². The van der Waals surface area contributed by atoms with E-state index in [-0.39, 0.29) is 16.8 Å². The largest absolute Gasteiger partial charge is 0.441 e. The topological polar surface area (TPSA) is 88.5 Å². The van der Waals surface area contributed by atoms with Crippen molar-refractivity contribution in [1.82, 2.24) is 14.2 Å². The average molecular weight is 387 g/mol. The molecule has 0 saturated heterocycles. The van der Waals surface area contributed by atoms with Crippen LogP contribution < -0.4 is 9.21 Å². The number of urea groups is 1. The van der Waals surface area contributed by atoms with Crippen molar-refractivity contribution in [3.63, 3.8) is 0 Å². The summed E-state index contributed by atoms with van der Waals surface area (Å²) in [4.78, 5) is 22.1. The first-order chi connectivity index (χ1) is 12.9. The zero-order valence-corrected chi connectivity index (χ0v) is 16.2. The summed E-state index contributed by atoms with van der Waals surface area (Å²) in [6, 6.07) is 12.1. The van der Waals surface area contributed by atoms with Crippen LogP contribution in [0.3, 0.4) is 0 Å². The SMILES string of the molecule is CCCCS(=O)(=O)NC(=O)[N+]1(Cc2ccccn2)C(C)=Nc2ccccc21. The van der Waals surface area contributed by atoms with Crippen LogP contribution in [0.1, 0.15) is 32.4 Å². The first kappa shape index (κ1) is 19.2. The Morgan fingerprint density at radius 1 is 1.15 bits per heavy atom. The lowest BCUT2D eigenvalue weighted by atomic mass is 10.2. The number of hydrogen-bond donors (Lipinski definition) is 1. The standard InChI is InChI=1S/C19H22N4O3S/c1-3-4-13-27(25,26)22-19(24)23(14-16-9-7-8-12-20-16)15(2)21-17-10-5-6-11-18(17)23/h5-12H,3-4,13-14H2,1-2H3/p+1. The molecule has 0 spiro atoms. The van der Waals surface area contributed by atoms with Crippen molar-refractivity contribution in [2.75, 3.05) is 5.75 Å². The van der Waals surface area contributed by atoms with Gasteiger partial charge in [-0.25, -0.2) is 17.9 Å². The third-order valence-corrected chi connectivity index (χ3v) is 5.92. The normalized spacial score (nSPS) is 18.7. The third kappa shape index (κ3) is 3.77. The van der Waals surface area contributed by atoms with E-state index in [4.69, 9.17) is 0 Å². The monoisotopic (exact) mass is 387 g/mol. The van der Waals surface area contributed by atoms with Crippen LogP contribution in [0.4, 0.5) is 16.2 Å². The van der Waals surface area contributed by atoms with Gasteiger partial charge in [0.1, 0.15) is 12.2 Å². The van der Waals surface area contributed by atoms with E-state index in [1.54, 1.807) is 25.3 Å². The molecule has 0 bridgehead atoms. The number of amides is 2. The van der Waals surface area contributed by atoms with Crippen molar-refractivity contribution in [2.24, 2.45) is 4.99 Å². The number of amidine groups is 1. The highest BCUT2D eigenvalue weighted by molar-refractivity contribution is 7.90. The lowest BCUT2D eigenvalue weighted by molar-refractivity contribution is 0.225. The molecule has 1 aliphatic rings.